The molecular weight excluding hydrogens is 329 g/mol. The monoisotopic (exact) mass is 341 g/mol. The van der Waals surface area contributed by atoms with E-state index in [1.165, 1.54) is 10.9 Å². The first-order valence-corrected chi connectivity index (χ1v) is 7.46. The van der Waals surface area contributed by atoms with Crippen LogP contribution in [0.4, 0.5) is 4.39 Å². The average Bonchev–Trinajstić information content (AvgIpc) is 2.78. The van der Waals surface area contributed by atoms with E-state index in [1.54, 1.807) is 30.4 Å². The van der Waals surface area contributed by atoms with Gasteiger partial charge in [0.2, 0.25) is 0 Å². The Morgan fingerprint density at radius 3 is 2.84 bits per heavy atom. The second-order valence-corrected chi connectivity index (χ2v) is 6.70. The van der Waals surface area contributed by atoms with E-state index in [4.69, 9.17) is 0 Å². The molecule has 2 aromatic rings. The Hall–Kier alpha value is -1.20. The number of aryl methyl sites for hydroxylation is 1. The van der Waals surface area contributed by atoms with Crippen LogP contribution in [0.2, 0.25) is 0 Å². The third kappa shape index (κ3) is 3.64. The van der Waals surface area contributed by atoms with Crippen molar-refractivity contribution in [2.45, 2.75) is 13.3 Å². The number of hydrogen-bond acceptors (Lipinski definition) is 2. The molecule has 1 heterocycles. The van der Waals surface area contributed by atoms with Crippen LogP contribution in [-0.2, 0) is 6.42 Å². The predicted molar refractivity (Wildman–Crippen MR) is 79.2 cm³/mol. The van der Waals surface area contributed by atoms with E-state index < -0.39 is 5.82 Å². The maximum atomic E-state index is 13.7. The Balaban J connectivity index is 1.93. The molecular formula is C14H13BrFNOS. The number of halogens is 2. The number of hydrogen-bond donors (Lipinski definition) is 1. The lowest BCUT2D eigenvalue weighted by molar-refractivity contribution is 0.0950. The molecule has 2 rings (SSSR count). The van der Waals surface area contributed by atoms with Gasteiger partial charge in [0.1, 0.15) is 5.82 Å². The average molecular weight is 342 g/mol. The predicted octanol–water partition coefficient (Wildman–Crippen LogP) is 3.93. The number of carbonyl (C=O) groups excluding carboxylic acids is 1. The molecule has 0 radical (unpaired) electrons. The first kappa shape index (κ1) is 14.2. The van der Waals surface area contributed by atoms with Gasteiger partial charge in [0, 0.05) is 11.4 Å². The number of amides is 1. The third-order valence-corrected chi connectivity index (χ3v) is 4.41. The lowest BCUT2D eigenvalue weighted by Crippen LogP contribution is -2.26. The molecule has 5 heteroatoms. The summed E-state index contributed by atoms with van der Waals surface area (Å²) in [4.78, 5) is 13.0. The number of thiophene rings is 1. The zero-order valence-electron chi connectivity index (χ0n) is 10.4. The zero-order valence-corrected chi connectivity index (χ0v) is 12.8. The first-order valence-electron chi connectivity index (χ1n) is 5.85. The number of carbonyl (C=O) groups is 1. The number of nitrogens with one attached hydrogen (secondary N) is 1. The molecule has 0 fully saturated rings. The molecule has 0 bridgehead atoms. The van der Waals surface area contributed by atoms with Crippen LogP contribution in [0.15, 0.2) is 34.1 Å². The summed E-state index contributed by atoms with van der Waals surface area (Å²) in [6.07, 6.45) is 0.745. The van der Waals surface area contributed by atoms with Gasteiger partial charge in [-0.15, -0.1) is 11.3 Å². The van der Waals surface area contributed by atoms with Crippen LogP contribution in [0.25, 0.3) is 0 Å². The third-order valence-electron chi connectivity index (χ3n) is 2.72. The van der Waals surface area contributed by atoms with Gasteiger partial charge in [-0.1, -0.05) is 12.1 Å². The van der Waals surface area contributed by atoms with Crippen LogP contribution < -0.4 is 5.32 Å². The molecule has 2 nitrogen and oxygen atoms in total. The fraction of sp³-hybridized carbons (Fsp3) is 0.214. The van der Waals surface area contributed by atoms with Gasteiger partial charge in [0.15, 0.2) is 0 Å². The Morgan fingerprint density at radius 1 is 1.37 bits per heavy atom. The first-order chi connectivity index (χ1) is 9.08. The fourth-order valence-corrected chi connectivity index (χ4v) is 3.19. The molecule has 0 spiro atoms. The van der Waals surface area contributed by atoms with E-state index in [9.17, 15) is 9.18 Å². The maximum Gasteiger partial charge on any atom is 0.254 e. The van der Waals surface area contributed by atoms with E-state index in [-0.39, 0.29) is 11.5 Å². The van der Waals surface area contributed by atoms with Crippen molar-refractivity contribution < 1.29 is 9.18 Å². The van der Waals surface area contributed by atoms with Crippen LogP contribution >= 0.6 is 27.3 Å². The van der Waals surface area contributed by atoms with Crippen molar-refractivity contribution in [3.05, 3.63) is 55.9 Å². The molecule has 1 aromatic carbocycles. The molecule has 19 heavy (non-hydrogen) atoms. The lowest BCUT2D eigenvalue weighted by atomic mass is 10.1. The minimum atomic E-state index is -0.445. The molecule has 1 amide bonds. The van der Waals surface area contributed by atoms with Crippen LogP contribution in [0.3, 0.4) is 0 Å². The molecule has 1 aromatic heterocycles. The largest absolute Gasteiger partial charge is 0.352 e. The highest BCUT2D eigenvalue weighted by molar-refractivity contribution is 9.11. The molecule has 0 aliphatic rings. The van der Waals surface area contributed by atoms with Crippen molar-refractivity contribution in [2.75, 3.05) is 6.54 Å². The maximum absolute atomic E-state index is 13.7. The summed E-state index contributed by atoms with van der Waals surface area (Å²) in [7, 11) is 0. The smallest absolute Gasteiger partial charge is 0.254 e. The van der Waals surface area contributed by atoms with Crippen molar-refractivity contribution in [1.82, 2.24) is 5.32 Å². The summed E-state index contributed by atoms with van der Waals surface area (Å²) >= 11 is 5.02. The van der Waals surface area contributed by atoms with Crippen molar-refractivity contribution >= 4 is 33.2 Å². The highest BCUT2D eigenvalue weighted by Crippen LogP contribution is 2.22. The lowest BCUT2D eigenvalue weighted by Gasteiger charge is -2.06. The molecule has 0 saturated heterocycles. The van der Waals surface area contributed by atoms with Gasteiger partial charge in [-0.25, -0.2) is 4.39 Å². The van der Waals surface area contributed by atoms with Crippen molar-refractivity contribution in [2.24, 2.45) is 0 Å². The van der Waals surface area contributed by atoms with Crippen LogP contribution in [0.5, 0.6) is 0 Å². The normalized spacial score (nSPS) is 10.5. The van der Waals surface area contributed by atoms with Gasteiger partial charge in [-0.3, -0.25) is 4.79 Å². The van der Waals surface area contributed by atoms with Gasteiger partial charge in [0.05, 0.1) is 9.35 Å². The highest BCUT2D eigenvalue weighted by atomic mass is 79.9. The minimum Gasteiger partial charge on any atom is -0.352 e. The SMILES string of the molecule is Cc1cccc(C(=O)NCCc2ccc(Br)s2)c1F. The summed E-state index contributed by atoms with van der Waals surface area (Å²) in [6, 6.07) is 8.81. The van der Waals surface area contributed by atoms with Crippen molar-refractivity contribution in [3.63, 3.8) is 0 Å². The van der Waals surface area contributed by atoms with Gasteiger partial charge in [-0.05, 0) is 53.0 Å². The zero-order chi connectivity index (χ0) is 13.8. The summed E-state index contributed by atoms with van der Waals surface area (Å²) < 4.78 is 14.8. The second-order valence-electron chi connectivity index (χ2n) is 4.15. The quantitative estimate of drug-likeness (QED) is 0.896. The Bertz CT molecular complexity index is 597. The summed E-state index contributed by atoms with van der Waals surface area (Å²) in [5, 5.41) is 2.74. The summed E-state index contributed by atoms with van der Waals surface area (Å²) in [6.45, 7) is 2.15. The van der Waals surface area contributed by atoms with E-state index >= 15 is 0 Å². The molecule has 100 valence electrons. The van der Waals surface area contributed by atoms with Crippen LogP contribution in [-0.4, -0.2) is 12.5 Å². The standard InChI is InChI=1S/C14H13BrFNOS/c1-9-3-2-4-11(13(9)16)14(18)17-8-7-10-5-6-12(15)19-10/h2-6H,7-8H2,1H3,(H,17,18). The number of benzene rings is 1. The summed E-state index contributed by atoms with van der Waals surface area (Å²) in [5.74, 6) is -0.810. The second kappa shape index (κ2) is 6.30. The summed E-state index contributed by atoms with van der Waals surface area (Å²) in [5.41, 5.74) is 0.585. The van der Waals surface area contributed by atoms with Gasteiger partial charge in [0.25, 0.3) is 5.91 Å². The van der Waals surface area contributed by atoms with E-state index in [1.807, 2.05) is 12.1 Å². The molecule has 0 unspecified atom stereocenters. The van der Waals surface area contributed by atoms with Gasteiger partial charge in [-0.2, -0.15) is 0 Å². The van der Waals surface area contributed by atoms with E-state index in [0.29, 0.717) is 12.1 Å². The molecule has 1 N–H and O–H groups in total. The van der Waals surface area contributed by atoms with Crippen LogP contribution in [0, 0.1) is 12.7 Å². The molecule has 0 saturated carbocycles. The van der Waals surface area contributed by atoms with Crippen LogP contribution in [0.1, 0.15) is 20.8 Å². The molecule has 0 aliphatic carbocycles. The highest BCUT2D eigenvalue weighted by Gasteiger charge is 2.12. The topological polar surface area (TPSA) is 29.1 Å². The number of rotatable bonds is 4. The van der Waals surface area contributed by atoms with Crippen molar-refractivity contribution in [3.8, 4) is 0 Å². The van der Waals surface area contributed by atoms with Gasteiger partial charge < -0.3 is 5.32 Å². The minimum absolute atomic E-state index is 0.104. The van der Waals surface area contributed by atoms with Crippen molar-refractivity contribution in [1.29, 1.82) is 0 Å². The Morgan fingerprint density at radius 2 is 2.16 bits per heavy atom. The van der Waals surface area contributed by atoms with E-state index in [0.717, 1.165) is 10.2 Å². The Labute approximate surface area is 123 Å². The Kier molecular flexibility index (Phi) is 4.71. The van der Waals surface area contributed by atoms with Gasteiger partial charge >= 0.3 is 0 Å². The van der Waals surface area contributed by atoms with E-state index in [2.05, 4.69) is 21.2 Å². The fourth-order valence-electron chi connectivity index (χ4n) is 1.70. The molecule has 0 aliphatic heterocycles. The molecule has 0 atom stereocenters.